The minimum absolute atomic E-state index is 0.0749. The first kappa shape index (κ1) is 16.7. The van der Waals surface area contributed by atoms with Gasteiger partial charge in [0.05, 0.1) is 11.5 Å². The zero-order valence-corrected chi connectivity index (χ0v) is 14.7. The highest BCUT2D eigenvalue weighted by Crippen LogP contribution is 2.67. The summed E-state index contributed by atoms with van der Waals surface area (Å²) in [6.45, 7) is 7.76. The lowest BCUT2D eigenvalue weighted by Gasteiger charge is -2.58. The maximum Gasteiger partial charge on any atom is 0.315 e. The third-order valence-electron chi connectivity index (χ3n) is 7.43. The van der Waals surface area contributed by atoms with Crippen molar-refractivity contribution in [1.82, 2.24) is 0 Å². The Kier molecular flexibility index (Phi) is 3.28. The predicted octanol–water partition coefficient (Wildman–Crippen LogP) is 1.84. The molecule has 0 radical (unpaired) electrons. The van der Waals surface area contributed by atoms with Crippen molar-refractivity contribution < 1.29 is 24.2 Å². The number of fused-ring (bicyclic) bond motifs is 2. The second-order valence-electron chi connectivity index (χ2n) is 8.80. The Balaban J connectivity index is 1.93. The number of esters is 1. The van der Waals surface area contributed by atoms with E-state index in [2.05, 4.69) is 6.58 Å². The molecular weight excluding hydrogens is 320 g/mol. The van der Waals surface area contributed by atoms with Crippen LogP contribution in [0.5, 0.6) is 0 Å². The zero-order valence-electron chi connectivity index (χ0n) is 14.7. The van der Waals surface area contributed by atoms with Crippen LogP contribution in [0.2, 0.25) is 0 Å². The first-order valence-corrected chi connectivity index (χ1v) is 8.95. The molecule has 3 aliphatic carbocycles. The third kappa shape index (κ3) is 1.75. The van der Waals surface area contributed by atoms with E-state index >= 15 is 0 Å². The van der Waals surface area contributed by atoms with Crippen LogP contribution in [0.3, 0.4) is 0 Å². The topological polar surface area (TPSA) is 80.7 Å². The quantitative estimate of drug-likeness (QED) is 0.446. The fourth-order valence-electron chi connectivity index (χ4n) is 6.14. The van der Waals surface area contributed by atoms with Crippen LogP contribution in [0.4, 0.5) is 0 Å². The molecule has 0 unspecified atom stereocenters. The second-order valence-corrected chi connectivity index (χ2v) is 8.80. The van der Waals surface area contributed by atoms with E-state index in [9.17, 15) is 19.5 Å². The van der Waals surface area contributed by atoms with Crippen LogP contribution in [0.15, 0.2) is 24.3 Å². The van der Waals surface area contributed by atoms with Crippen LogP contribution < -0.4 is 0 Å². The van der Waals surface area contributed by atoms with Crippen LogP contribution in [0, 0.1) is 34.0 Å². The fourth-order valence-corrected chi connectivity index (χ4v) is 6.14. The number of cyclic esters (lactones) is 1. The smallest absolute Gasteiger partial charge is 0.315 e. The Hall–Kier alpha value is -1.75. The molecule has 1 N–H and O–H groups in total. The van der Waals surface area contributed by atoms with Gasteiger partial charge in [-0.3, -0.25) is 9.59 Å². The Bertz CT molecular complexity index is 720. The largest absolute Gasteiger partial charge is 0.464 e. The molecule has 6 atom stereocenters. The first-order valence-electron chi connectivity index (χ1n) is 8.95. The number of aliphatic hydroxyl groups is 1. The standard InChI is InChI=1S/C20H24O5/c1-11-12-4-5-13-19(8-12,16(11)23)17(24)25-10-20(13)14(9-21)18(2,3)7-6-15(20)22/h6-7,9,12-14,16,23H,1,4-5,8,10H2,2-3H3/t12-,13-,14-,16-,19+,20+/m1/s1. The summed E-state index contributed by atoms with van der Waals surface area (Å²) in [7, 11) is 0. The van der Waals surface area contributed by atoms with E-state index < -0.39 is 40.2 Å². The zero-order chi connectivity index (χ0) is 18.2. The number of carbonyl (C=O) groups excluding carboxylic acids is 3. The van der Waals surface area contributed by atoms with E-state index in [-0.39, 0.29) is 18.3 Å². The van der Waals surface area contributed by atoms with Gasteiger partial charge in [-0.1, -0.05) is 26.5 Å². The van der Waals surface area contributed by atoms with E-state index in [4.69, 9.17) is 4.74 Å². The summed E-state index contributed by atoms with van der Waals surface area (Å²) in [5.74, 6) is -1.53. The van der Waals surface area contributed by atoms with Crippen LogP contribution in [0.25, 0.3) is 0 Å². The SMILES string of the molecule is C=C1[C@@H]2CC[C@@H]3[C@](C2)(C(=O)OC[C@]32C(=O)C=CC(C)(C)[C@H]2C=O)[C@@H]1O. The summed E-state index contributed by atoms with van der Waals surface area (Å²) in [5.41, 5.74) is -2.09. The van der Waals surface area contributed by atoms with Gasteiger partial charge in [-0.25, -0.2) is 0 Å². The maximum atomic E-state index is 13.1. The minimum atomic E-state index is -1.14. The van der Waals surface area contributed by atoms with Crippen molar-refractivity contribution in [3.05, 3.63) is 24.3 Å². The fraction of sp³-hybridized carbons (Fsp3) is 0.650. The molecular formula is C20H24O5. The highest BCUT2D eigenvalue weighted by Gasteiger charge is 2.73. The van der Waals surface area contributed by atoms with Gasteiger partial charge in [-0.05, 0) is 48.2 Å². The Morgan fingerprint density at radius 3 is 2.68 bits per heavy atom. The number of hydrogen-bond acceptors (Lipinski definition) is 5. The van der Waals surface area contributed by atoms with E-state index in [1.165, 1.54) is 6.08 Å². The molecule has 3 fully saturated rings. The molecule has 25 heavy (non-hydrogen) atoms. The van der Waals surface area contributed by atoms with E-state index in [0.29, 0.717) is 18.4 Å². The number of hydrogen-bond donors (Lipinski definition) is 1. The molecule has 1 aliphatic heterocycles. The van der Waals surface area contributed by atoms with Gasteiger partial charge in [-0.15, -0.1) is 0 Å². The van der Waals surface area contributed by atoms with Gasteiger partial charge in [0.15, 0.2) is 5.78 Å². The van der Waals surface area contributed by atoms with Gasteiger partial charge in [0.1, 0.15) is 18.3 Å². The third-order valence-corrected chi connectivity index (χ3v) is 7.43. The number of aldehydes is 1. The molecule has 0 aromatic rings. The van der Waals surface area contributed by atoms with Crippen LogP contribution in [-0.4, -0.2) is 35.9 Å². The molecule has 4 aliphatic rings. The van der Waals surface area contributed by atoms with Crippen molar-refractivity contribution in [2.75, 3.05) is 6.61 Å². The number of rotatable bonds is 1. The maximum absolute atomic E-state index is 13.1. The van der Waals surface area contributed by atoms with E-state index in [1.54, 1.807) is 6.08 Å². The van der Waals surface area contributed by atoms with Gasteiger partial charge in [0, 0.05) is 5.92 Å². The summed E-state index contributed by atoms with van der Waals surface area (Å²) >= 11 is 0. The Labute approximate surface area is 147 Å². The molecule has 0 aromatic heterocycles. The second kappa shape index (κ2) is 4.91. The molecule has 1 saturated heterocycles. The molecule has 5 nitrogen and oxygen atoms in total. The summed E-state index contributed by atoms with van der Waals surface area (Å²) in [6, 6.07) is 0. The summed E-state index contributed by atoms with van der Waals surface area (Å²) < 4.78 is 5.52. The Morgan fingerprint density at radius 2 is 2.00 bits per heavy atom. The lowest BCUT2D eigenvalue weighted by Crippen LogP contribution is -2.66. The number of ketones is 1. The summed E-state index contributed by atoms with van der Waals surface area (Å²) in [4.78, 5) is 38.0. The highest BCUT2D eigenvalue weighted by atomic mass is 16.5. The van der Waals surface area contributed by atoms with Gasteiger partial charge < -0.3 is 14.6 Å². The molecule has 1 heterocycles. The molecule has 0 amide bonds. The molecule has 5 heteroatoms. The number of allylic oxidation sites excluding steroid dienone is 2. The van der Waals surface area contributed by atoms with Crippen molar-refractivity contribution in [3.8, 4) is 0 Å². The molecule has 2 saturated carbocycles. The lowest BCUT2D eigenvalue weighted by atomic mass is 9.46. The number of carbonyl (C=O) groups is 3. The van der Waals surface area contributed by atoms with Crippen molar-refractivity contribution in [2.24, 2.45) is 34.0 Å². The van der Waals surface area contributed by atoms with Gasteiger partial charge in [0.2, 0.25) is 0 Å². The van der Waals surface area contributed by atoms with Gasteiger partial charge >= 0.3 is 5.97 Å². The van der Waals surface area contributed by atoms with Crippen molar-refractivity contribution in [1.29, 1.82) is 0 Å². The van der Waals surface area contributed by atoms with E-state index in [0.717, 1.165) is 12.7 Å². The van der Waals surface area contributed by atoms with Crippen molar-refractivity contribution >= 4 is 18.0 Å². The molecule has 2 bridgehead atoms. The summed E-state index contributed by atoms with van der Waals surface area (Å²) in [5, 5.41) is 10.9. The normalized spacial score (nSPS) is 47.6. The number of ether oxygens (including phenoxy) is 1. The predicted molar refractivity (Wildman–Crippen MR) is 89.3 cm³/mol. The van der Waals surface area contributed by atoms with Crippen LogP contribution in [0.1, 0.15) is 33.1 Å². The highest BCUT2D eigenvalue weighted by molar-refractivity contribution is 6.00. The van der Waals surface area contributed by atoms with Crippen LogP contribution >= 0.6 is 0 Å². The lowest BCUT2D eigenvalue weighted by molar-refractivity contribution is -0.211. The van der Waals surface area contributed by atoms with E-state index in [1.807, 2.05) is 13.8 Å². The molecule has 134 valence electrons. The van der Waals surface area contributed by atoms with Crippen LogP contribution in [-0.2, 0) is 19.1 Å². The van der Waals surface area contributed by atoms with Crippen molar-refractivity contribution in [3.63, 3.8) is 0 Å². The summed E-state index contributed by atoms with van der Waals surface area (Å²) in [6.07, 6.45) is 5.00. The minimum Gasteiger partial charge on any atom is -0.464 e. The Morgan fingerprint density at radius 1 is 1.28 bits per heavy atom. The van der Waals surface area contributed by atoms with Gasteiger partial charge in [-0.2, -0.15) is 0 Å². The molecule has 2 spiro atoms. The van der Waals surface area contributed by atoms with Gasteiger partial charge in [0.25, 0.3) is 0 Å². The molecule has 0 aromatic carbocycles. The molecule has 4 rings (SSSR count). The van der Waals surface area contributed by atoms with Crippen molar-refractivity contribution in [2.45, 2.75) is 39.2 Å². The first-order chi connectivity index (χ1) is 11.7. The number of aliphatic hydroxyl groups excluding tert-OH is 1. The average molecular weight is 344 g/mol. The monoisotopic (exact) mass is 344 g/mol. The average Bonchev–Trinajstić information content (AvgIpc) is 2.77.